The second-order valence-electron chi connectivity index (χ2n) is 5.48. The molecule has 0 atom stereocenters. The van der Waals surface area contributed by atoms with Crippen LogP contribution in [-0.4, -0.2) is 25.6 Å². The Morgan fingerprint density at radius 3 is 2.39 bits per heavy atom. The summed E-state index contributed by atoms with van der Waals surface area (Å²) in [6, 6.07) is 11.1. The van der Waals surface area contributed by atoms with E-state index in [1.165, 1.54) is 0 Å². The predicted octanol–water partition coefficient (Wildman–Crippen LogP) is 2.08. The van der Waals surface area contributed by atoms with E-state index in [-0.39, 0.29) is 14.9 Å². The van der Waals surface area contributed by atoms with Crippen LogP contribution in [0.1, 0.15) is 34.9 Å². The molecule has 0 unspecified atom stereocenters. The van der Waals surface area contributed by atoms with Crippen LogP contribution in [-0.2, 0) is 15.4 Å². The van der Waals surface area contributed by atoms with Gasteiger partial charge in [-0.1, -0.05) is 41.7 Å². The zero-order valence-electron chi connectivity index (χ0n) is 12.8. The molecule has 2 aromatic rings. The third kappa shape index (κ3) is 3.75. The van der Waals surface area contributed by atoms with E-state index >= 15 is 0 Å². The summed E-state index contributed by atoms with van der Waals surface area (Å²) in [6.07, 6.45) is 0.983. The fourth-order valence-corrected chi connectivity index (χ4v) is 3.92. The number of nitriles is 1. The van der Waals surface area contributed by atoms with E-state index in [1.807, 2.05) is 44.2 Å². The molecule has 0 fully saturated rings. The second-order valence-corrected chi connectivity index (χ2v) is 8.69. The summed E-state index contributed by atoms with van der Waals surface area (Å²) in [7, 11) is -3.60. The second kappa shape index (κ2) is 6.10. The number of nitrogens with one attached hydrogen (secondary N) is 1. The molecule has 2 rings (SSSR count). The minimum absolute atomic E-state index is 0.0500. The average Bonchev–Trinajstić information content (AvgIpc) is 2.92. The van der Waals surface area contributed by atoms with E-state index < -0.39 is 21.3 Å². The van der Waals surface area contributed by atoms with E-state index in [4.69, 9.17) is 5.26 Å². The van der Waals surface area contributed by atoms with Gasteiger partial charge in [0.05, 0.1) is 5.54 Å². The molecule has 1 amide bonds. The van der Waals surface area contributed by atoms with Gasteiger partial charge in [-0.05, 0) is 19.4 Å². The Kier molecular flexibility index (Phi) is 4.54. The molecule has 0 aliphatic rings. The lowest BCUT2D eigenvalue weighted by atomic mass is 9.94. The number of carbonyl (C=O) groups excluding carboxylic acids is 1. The number of thiazole rings is 1. The van der Waals surface area contributed by atoms with Crippen LogP contribution in [0.25, 0.3) is 0 Å². The van der Waals surface area contributed by atoms with Crippen molar-refractivity contribution >= 4 is 27.1 Å². The monoisotopic (exact) mass is 349 g/mol. The van der Waals surface area contributed by atoms with Gasteiger partial charge in [0, 0.05) is 6.26 Å². The predicted molar refractivity (Wildman–Crippen MR) is 86.9 cm³/mol. The Morgan fingerprint density at radius 1 is 1.30 bits per heavy atom. The summed E-state index contributed by atoms with van der Waals surface area (Å²) in [4.78, 5) is 16.2. The highest BCUT2D eigenvalue weighted by molar-refractivity contribution is 7.92. The number of sulfone groups is 1. The molecule has 0 spiro atoms. The van der Waals surface area contributed by atoms with Gasteiger partial charge in [0.15, 0.2) is 24.7 Å². The standard InChI is InChI=1S/C15H15N3O3S2/c1-15(2,10-7-5-4-6-8-10)18-12(19)13-17-11(9-16)14(22-13)23(3,20)21/h4-8H,1-3H3,(H,18,19). The summed E-state index contributed by atoms with van der Waals surface area (Å²) in [6.45, 7) is 3.66. The first-order valence-electron chi connectivity index (χ1n) is 6.64. The molecule has 120 valence electrons. The normalized spacial score (nSPS) is 11.7. The van der Waals surface area contributed by atoms with E-state index in [1.54, 1.807) is 6.07 Å². The Balaban J connectivity index is 2.32. The number of rotatable bonds is 4. The zero-order valence-corrected chi connectivity index (χ0v) is 14.5. The lowest BCUT2D eigenvalue weighted by Crippen LogP contribution is -2.40. The Labute approximate surface area is 138 Å². The summed E-state index contributed by atoms with van der Waals surface area (Å²) in [5.74, 6) is -0.518. The Hall–Kier alpha value is -2.24. The number of nitrogens with zero attached hydrogens (tertiary/aromatic N) is 2. The number of hydrogen-bond acceptors (Lipinski definition) is 6. The van der Waals surface area contributed by atoms with E-state index in [0.29, 0.717) is 11.3 Å². The third-order valence-corrected chi connectivity index (χ3v) is 6.03. The van der Waals surface area contributed by atoms with Crippen molar-refractivity contribution in [3.05, 3.63) is 46.6 Å². The molecule has 8 heteroatoms. The molecule has 0 radical (unpaired) electrons. The number of aromatic nitrogens is 1. The smallest absolute Gasteiger partial charge is 0.281 e. The maximum atomic E-state index is 12.4. The molecule has 0 saturated heterocycles. The van der Waals surface area contributed by atoms with Gasteiger partial charge in [-0.2, -0.15) is 5.26 Å². The maximum absolute atomic E-state index is 12.4. The van der Waals surface area contributed by atoms with Crippen LogP contribution < -0.4 is 5.32 Å². The number of carbonyl (C=O) groups is 1. The van der Waals surface area contributed by atoms with Crippen LogP contribution in [0.15, 0.2) is 34.5 Å². The minimum atomic E-state index is -3.60. The summed E-state index contributed by atoms with van der Waals surface area (Å²) < 4.78 is 23.1. The van der Waals surface area contributed by atoms with Gasteiger partial charge in [-0.3, -0.25) is 4.79 Å². The number of hydrogen-bond donors (Lipinski definition) is 1. The quantitative estimate of drug-likeness (QED) is 0.911. The molecule has 1 aromatic heterocycles. The van der Waals surface area contributed by atoms with Crippen LogP contribution >= 0.6 is 11.3 Å². The molecule has 1 aromatic carbocycles. The molecule has 1 heterocycles. The third-order valence-electron chi connectivity index (χ3n) is 3.15. The van der Waals surface area contributed by atoms with Gasteiger partial charge in [0.1, 0.15) is 6.07 Å². The van der Waals surface area contributed by atoms with Crippen molar-refractivity contribution in [3.63, 3.8) is 0 Å². The van der Waals surface area contributed by atoms with E-state index in [9.17, 15) is 13.2 Å². The fraction of sp³-hybridized carbons (Fsp3) is 0.267. The van der Waals surface area contributed by atoms with Crippen LogP contribution in [0.2, 0.25) is 0 Å². The Morgan fingerprint density at radius 2 is 1.91 bits per heavy atom. The van der Waals surface area contributed by atoms with Crippen LogP contribution in [0, 0.1) is 11.3 Å². The van der Waals surface area contributed by atoms with Crippen molar-refractivity contribution in [2.24, 2.45) is 0 Å². The SMILES string of the molecule is CC(C)(NC(=O)c1nc(C#N)c(S(C)(=O)=O)s1)c1ccccc1. The molecule has 0 saturated carbocycles. The fourth-order valence-electron chi connectivity index (χ4n) is 1.99. The van der Waals surface area contributed by atoms with Crippen LogP contribution in [0.3, 0.4) is 0 Å². The van der Waals surface area contributed by atoms with Crippen molar-refractivity contribution in [2.45, 2.75) is 23.6 Å². The van der Waals surface area contributed by atoms with Crippen LogP contribution in [0.5, 0.6) is 0 Å². The zero-order chi connectivity index (χ0) is 17.3. The minimum Gasteiger partial charge on any atom is -0.341 e. The van der Waals surface area contributed by atoms with Gasteiger partial charge in [-0.15, -0.1) is 0 Å². The van der Waals surface area contributed by atoms with Crippen molar-refractivity contribution in [1.82, 2.24) is 10.3 Å². The lowest BCUT2D eigenvalue weighted by Gasteiger charge is -2.26. The average molecular weight is 349 g/mol. The molecule has 0 aliphatic heterocycles. The van der Waals surface area contributed by atoms with Gasteiger partial charge < -0.3 is 5.32 Å². The molecule has 23 heavy (non-hydrogen) atoms. The maximum Gasteiger partial charge on any atom is 0.281 e. The van der Waals surface area contributed by atoms with Gasteiger partial charge in [0.25, 0.3) is 5.91 Å². The topological polar surface area (TPSA) is 99.9 Å². The lowest BCUT2D eigenvalue weighted by molar-refractivity contribution is 0.0911. The van der Waals surface area contributed by atoms with Gasteiger partial charge in [0.2, 0.25) is 0 Å². The van der Waals surface area contributed by atoms with Crippen molar-refractivity contribution in [3.8, 4) is 6.07 Å². The Bertz CT molecular complexity index is 878. The summed E-state index contributed by atoms with van der Waals surface area (Å²) >= 11 is 0.701. The summed E-state index contributed by atoms with van der Waals surface area (Å²) in [5.41, 5.74) is -0.0175. The summed E-state index contributed by atoms with van der Waals surface area (Å²) in [5, 5.41) is 11.7. The number of benzene rings is 1. The first-order valence-corrected chi connectivity index (χ1v) is 9.35. The van der Waals surface area contributed by atoms with E-state index in [2.05, 4.69) is 10.3 Å². The highest BCUT2D eigenvalue weighted by Crippen LogP contribution is 2.25. The molecule has 0 aliphatic carbocycles. The number of amides is 1. The van der Waals surface area contributed by atoms with Crippen molar-refractivity contribution in [1.29, 1.82) is 5.26 Å². The van der Waals surface area contributed by atoms with Gasteiger partial charge in [-0.25, -0.2) is 13.4 Å². The van der Waals surface area contributed by atoms with Crippen LogP contribution in [0.4, 0.5) is 0 Å². The first-order chi connectivity index (χ1) is 10.6. The highest BCUT2D eigenvalue weighted by atomic mass is 32.2. The van der Waals surface area contributed by atoms with Crippen molar-refractivity contribution in [2.75, 3.05) is 6.26 Å². The molecule has 1 N–H and O–H groups in total. The van der Waals surface area contributed by atoms with Crippen molar-refractivity contribution < 1.29 is 13.2 Å². The molecular weight excluding hydrogens is 334 g/mol. The van der Waals surface area contributed by atoms with E-state index in [0.717, 1.165) is 11.8 Å². The first kappa shape index (κ1) is 17.1. The largest absolute Gasteiger partial charge is 0.341 e. The molecular formula is C15H15N3O3S2. The molecule has 6 nitrogen and oxygen atoms in total. The highest BCUT2D eigenvalue weighted by Gasteiger charge is 2.27. The molecule has 0 bridgehead atoms. The van der Waals surface area contributed by atoms with Gasteiger partial charge >= 0.3 is 0 Å².